The van der Waals surface area contributed by atoms with Gasteiger partial charge in [-0.1, -0.05) is 30.3 Å². The Labute approximate surface area is 116 Å². The Hall–Kier alpha value is -2.14. The molecule has 2 heterocycles. The van der Waals surface area contributed by atoms with Crippen molar-refractivity contribution in [3.63, 3.8) is 0 Å². The fraction of sp³-hybridized carbons (Fsp3) is 0.333. The zero-order valence-corrected chi connectivity index (χ0v) is 11.5. The molecule has 2 aromatic heterocycles. The summed E-state index contributed by atoms with van der Waals surface area (Å²) in [6.07, 6.45) is 2.53. The van der Waals surface area contributed by atoms with Crippen LogP contribution in [0.15, 0.2) is 39.5 Å². The van der Waals surface area contributed by atoms with Crippen LogP contribution in [-0.2, 0) is 0 Å². The van der Waals surface area contributed by atoms with E-state index in [-0.39, 0.29) is 12.0 Å². The van der Waals surface area contributed by atoms with E-state index < -0.39 is 0 Å². The van der Waals surface area contributed by atoms with Gasteiger partial charge in [0.2, 0.25) is 11.7 Å². The minimum absolute atomic E-state index is 0.0191. The second-order valence-electron chi connectivity index (χ2n) is 4.98. The Kier molecular flexibility index (Phi) is 3.28. The number of hydrogen-bond donors (Lipinski definition) is 1. The molecule has 1 aromatic carbocycles. The molecule has 0 spiro atoms. The van der Waals surface area contributed by atoms with Gasteiger partial charge >= 0.3 is 0 Å². The summed E-state index contributed by atoms with van der Waals surface area (Å²) in [7, 11) is 0. The molecule has 0 bridgehead atoms. The summed E-state index contributed by atoms with van der Waals surface area (Å²) >= 11 is 0. The van der Waals surface area contributed by atoms with Gasteiger partial charge in [-0.25, -0.2) is 0 Å². The van der Waals surface area contributed by atoms with Gasteiger partial charge in [0.05, 0.1) is 11.5 Å². The molecule has 0 fully saturated rings. The number of para-hydroxylation sites is 1. The van der Waals surface area contributed by atoms with Crippen molar-refractivity contribution in [1.29, 1.82) is 0 Å². The minimum Gasteiger partial charge on any atom is -0.464 e. The Morgan fingerprint density at radius 2 is 2.10 bits per heavy atom. The number of hydrogen-bond acceptors (Lipinski definition) is 5. The van der Waals surface area contributed by atoms with E-state index in [0.29, 0.717) is 11.7 Å². The first kappa shape index (κ1) is 12.9. The quantitative estimate of drug-likeness (QED) is 0.787. The van der Waals surface area contributed by atoms with Gasteiger partial charge in [-0.3, -0.25) is 0 Å². The van der Waals surface area contributed by atoms with E-state index in [2.05, 4.69) is 17.1 Å². The van der Waals surface area contributed by atoms with Crippen LogP contribution in [0.3, 0.4) is 0 Å². The van der Waals surface area contributed by atoms with Gasteiger partial charge in [0.1, 0.15) is 11.8 Å². The van der Waals surface area contributed by atoms with E-state index in [4.69, 9.17) is 14.7 Å². The lowest BCUT2D eigenvalue weighted by atomic mass is 9.99. The number of benzene rings is 1. The third-order valence-electron chi connectivity index (χ3n) is 3.56. The van der Waals surface area contributed by atoms with Crippen molar-refractivity contribution < 1.29 is 8.94 Å². The molecule has 2 N–H and O–H groups in total. The highest BCUT2D eigenvalue weighted by atomic mass is 16.5. The number of fused-ring (bicyclic) bond motifs is 1. The molecule has 5 heteroatoms. The standard InChI is InChI=1S/C15H17N3O2/c1-3-10(9(2)16)15-17-14(18-20-15)12-8-19-13-7-5-4-6-11(12)13/h4-10H,3,16H2,1-2H3. The second kappa shape index (κ2) is 5.09. The third-order valence-corrected chi connectivity index (χ3v) is 3.56. The van der Waals surface area contributed by atoms with Crippen LogP contribution in [0, 0.1) is 0 Å². The number of rotatable bonds is 4. The topological polar surface area (TPSA) is 78.1 Å². The van der Waals surface area contributed by atoms with Gasteiger partial charge in [-0.15, -0.1) is 0 Å². The van der Waals surface area contributed by atoms with E-state index in [1.807, 2.05) is 31.2 Å². The van der Waals surface area contributed by atoms with Crippen LogP contribution in [-0.4, -0.2) is 16.2 Å². The lowest BCUT2D eigenvalue weighted by Crippen LogP contribution is -2.24. The number of furan rings is 1. The first-order valence-corrected chi connectivity index (χ1v) is 6.76. The maximum Gasteiger partial charge on any atom is 0.231 e. The molecule has 0 saturated heterocycles. The molecule has 2 unspecified atom stereocenters. The predicted octanol–water partition coefficient (Wildman–Crippen LogP) is 3.32. The van der Waals surface area contributed by atoms with Crippen LogP contribution in [0.2, 0.25) is 0 Å². The fourth-order valence-corrected chi connectivity index (χ4v) is 2.42. The van der Waals surface area contributed by atoms with Crippen LogP contribution in [0.1, 0.15) is 32.1 Å². The molecule has 2 atom stereocenters. The molecule has 3 aromatic rings. The van der Waals surface area contributed by atoms with E-state index in [9.17, 15) is 0 Å². The van der Waals surface area contributed by atoms with E-state index in [1.165, 1.54) is 0 Å². The Balaban J connectivity index is 2.01. The maximum atomic E-state index is 5.95. The van der Waals surface area contributed by atoms with E-state index >= 15 is 0 Å². The molecular weight excluding hydrogens is 254 g/mol. The average molecular weight is 271 g/mol. The highest BCUT2D eigenvalue weighted by molar-refractivity contribution is 5.91. The molecule has 3 rings (SSSR count). The van der Waals surface area contributed by atoms with Crippen molar-refractivity contribution in [1.82, 2.24) is 10.1 Å². The van der Waals surface area contributed by atoms with Crippen LogP contribution >= 0.6 is 0 Å². The van der Waals surface area contributed by atoms with Crippen molar-refractivity contribution >= 4 is 11.0 Å². The smallest absolute Gasteiger partial charge is 0.231 e. The van der Waals surface area contributed by atoms with Crippen molar-refractivity contribution in [3.8, 4) is 11.4 Å². The number of nitrogens with zero attached hydrogens (tertiary/aromatic N) is 2. The minimum atomic E-state index is -0.0191. The largest absolute Gasteiger partial charge is 0.464 e. The van der Waals surface area contributed by atoms with Crippen LogP contribution in [0.25, 0.3) is 22.4 Å². The molecule has 0 radical (unpaired) electrons. The summed E-state index contributed by atoms with van der Waals surface area (Å²) in [5.41, 5.74) is 7.61. The highest BCUT2D eigenvalue weighted by Gasteiger charge is 2.22. The van der Waals surface area contributed by atoms with Crippen molar-refractivity contribution in [3.05, 3.63) is 36.4 Å². The molecule has 0 aliphatic heterocycles. The van der Waals surface area contributed by atoms with E-state index in [1.54, 1.807) is 6.26 Å². The van der Waals surface area contributed by atoms with Crippen molar-refractivity contribution in [2.75, 3.05) is 0 Å². The average Bonchev–Trinajstić information content (AvgIpc) is 3.05. The highest BCUT2D eigenvalue weighted by Crippen LogP contribution is 2.30. The Morgan fingerprint density at radius 1 is 1.30 bits per heavy atom. The molecule has 5 nitrogen and oxygen atoms in total. The number of aromatic nitrogens is 2. The van der Waals surface area contributed by atoms with Gasteiger partial charge in [-0.2, -0.15) is 4.98 Å². The first-order chi connectivity index (χ1) is 9.70. The second-order valence-corrected chi connectivity index (χ2v) is 4.98. The summed E-state index contributed by atoms with van der Waals surface area (Å²) in [5.74, 6) is 1.21. The molecule has 0 aliphatic rings. The zero-order chi connectivity index (χ0) is 14.1. The SMILES string of the molecule is CCC(c1nc(-c2coc3ccccc23)no1)C(C)N. The molecule has 0 aliphatic carbocycles. The third kappa shape index (κ3) is 2.10. The van der Waals surface area contributed by atoms with Crippen molar-refractivity contribution in [2.24, 2.45) is 5.73 Å². The fourth-order valence-electron chi connectivity index (χ4n) is 2.42. The monoisotopic (exact) mass is 271 g/mol. The molecule has 104 valence electrons. The molecule has 20 heavy (non-hydrogen) atoms. The van der Waals surface area contributed by atoms with Crippen molar-refractivity contribution in [2.45, 2.75) is 32.2 Å². The lowest BCUT2D eigenvalue weighted by Gasteiger charge is -2.13. The van der Waals surface area contributed by atoms with E-state index in [0.717, 1.165) is 23.0 Å². The summed E-state index contributed by atoms with van der Waals surface area (Å²) < 4.78 is 10.9. The molecular formula is C15H17N3O2. The summed E-state index contributed by atoms with van der Waals surface area (Å²) in [6, 6.07) is 7.76. The normalized spacial score (nSPS) is 14.6. The molecule has 0 amide bonds. The first-order valence-electron chi connectivity index (χ1n) is 6.76. The summed E-state index contributed by atoms with van der Waals surface area (Å²) in [5, 5.41) is 5.04. The van der Waals surface area contributed by atoms with Gasteiger partial charge in [0.15, 0.2) is 0 Å². The summed E-state index contributed by atoms with van der Waals surface area (Å²) in [4.78, 5) is 4.48. The Morgan fingerprint density at radius 3 is 2.85 bits per heavy atom. The van der Waals surface area contributed by atoms with Crippen LogP contribution in [0.5, 0.6) is 0 Å². The van der Waals surface area contributed by atoms with Crippen LogP contribution in [0.4, 0.5) is 0 Å². The molecule has 0 saturated carbocycles. The van der Waals surface area contributed by atoms with Gasteiger partial charge in [-0.05, 0) is 19.4 Å². The van der Waals surface area contributed by atoms with Gasteiger partial charge in [0.25, 0.3) is 0 Å². The number of nitrogens with two attached hydrogens (primary N) is 1. The lowest BCUT2D eigenvalue weighted by molar-refractivity contribution is 0.334. The summed E-state index contributed by atoms with van der Waals surface area (Å²) in [6.45, 7) is 4.01. The maximum absolute atomic E-state index is 5.95. The Bertz CT molecular complexity index is 715. The van der Waals surface area contributed by atoms with Gasteiger partial charge < -0.3 is 14.7 Å². The van der Waals surface area contributed by atoms with Crippen LogP contribution < -0.4 is 5.73 Å². The van der Waals surface area contributed by atoms with Gasteiger partial charge in [0, 0.05) is 11.4 Å². The zero-order valence-electron chi connectivity index (χ0n) is 11.5. The predicted molar refractivity (Wildman–Crippen MR) is 76.2 cm³/mol.